The Hall–Kier alpha value is -3.32. The Kier molecular flexibility index (Phi) is 7.82. The van der Waals surface area contributed by atoms with Crippen molar-refractivity contribution in [2.24, 2.45) is 5.41 Å². The molecule has 0 amide bonds. The first-order valence-electron chi connectivity index (χ1n) is 14.9. The second-order valence-electron chi connectivity index (χ2n) is 12.3. The third kappa shape index (κ3) is 5.49. The SMILES string of the molecule is C=CC(O)N1CCN(c2nc(OCC3CCCN3C)nc3c2CCC2(CC(=O)c4ccccc4C2)C3)CC1CC#N. The zero-order valence-corrected chi connectivity index (χ0v) is 24.0. The molecule has 2 fully saturated rings. The summed E-state index contributed by atoms with van der Waals surface area (Å²) in [5, 5.41) is 20.0. The van der Waals surface area contributed by atoms with E-state index in [1.807, 2.05) is 23.1 Å². The Bertz CT molecular complexity index is 1360. The first-order chi connectivity index (χ1) is 19.9. The van der Waals surface area contributed by atoms with Gasteiger partial charge in [0.2, 0.25) is 0 Å². The molecule has 1 spiro atoms. The van der Waals surface area contributed by atoms with Crippen LogP contribution in [0, 0.1) is 16.7 Å². The summed E-state index contributed by atoms with van der Waals surface area (Å²) in [4.78, 5) is 29.7. The number of nitrogens with zero attached hydrogens (tertiary/aromatic N) is 6. The fraction of sp³-hybridized carbons (Fsp3) is 0.562. The van der Waals surface area contributed by atoms with Gasteiger partial charge in [-0.3, -0.25) is 9.69 Å². The molecule has 1 aromatic carbocycles. The molecule has 0 radical (unpaired) electrons. The lowest BCUT2D eigenvalue weighted by molar-refractivity contribution is 0.00428. The van der Waals surface area contributed by atoms with Crippen LogP contribution in [-0.4, -0.2) is 88.8 Å². The Balaban J connectivity index is 1.32. The number of piperazine rings is 1. The highest BCUT2D eigenvalue weighted by Crippen LogP contribution is 2.46. The van der Waals surface area contributed by atoms with E-state index in [4.69, 9.17) is 14.7 Å². The zero-order valence-electron chi connectivity index (χ0n) is 24.0. The molecule has 0 saturated carbocycles. The van der Waals surface area contributed by atoms with E-state index in [2.05, 4.69) is 35.6 Å². The second kappa shape index (κ2) is 11.5. The summed E-state index contributed by atoms with van der Waals surface area (Å²) in [6.45, 7) is 7.19. The summed E-state index contributed by atoms with van der Waals surface area (Å²) in [5.41, 5.74) is 3.95. The molecule has 216 valence electrons. The number of likely N-dealkylation sites (N-methyl/N-ethyl adjacent to an activating group) is 1. The molecular weight excluding hydrogens is 516 g/mol. The van der Waals surface area contributed by atoms with Crippen LogP contribution in [0.4, 0.5) is 5.82 Å². The van der Waals surface area contributed by atoms with Gasteiger partial charge in [-0.15, -0.1) is 0 Å². The number of anilines is 1. The normalized spacial score (nSPS) is 27.2. The van der Waals surface area contributed by atoms with Crippen LogP contribution in [0.1, 0.15) is 59.3 Å². The van der Waals surface area contributed by atoms with Crippen molar-refractivity contribution < 1.29 is 14.6 Å². The number of hydrogen-bond donors (Lipinski definition) is 1. The molecule has 9 heteroatoms. The summed E-state index contributed by atoms with van der Waals surface area (Å²) >= 11 is 0. The summed E-state index contributed by atoms with van der Waals surface area (Å²) in [7, 11) is 2.13. The van der Waals surface area contributed by atoms with Crippen LogP contribution in [0.25, 0.3) is 0 Å². The van der Waals surface area contributed by atoms with Crippen LogP contribution in [0.15, 0.2) is 36.9 Å². The van der Waals surface area contributed by atoms with E-state index in [9.17, 15) is 15.2 Å². The fourth-order valence-corrected chi connectivity index (χ4v) is 7.40. The molecule has 3 heterocycles. The number of rotatable bonds is 7. The largest absolute Gasteiger partial charge is 0.462 e. The van der Waals surface area contributed by atoms with Gasteiger partial charge in [-0.2, -0.15) is 15.2 Å². The van der Waals surface area contributed by atoms with Crippen LogP contribution in [0.3, 0.4) is 0 Å². The van der Waals surface area contributed by atoms with Crippen LogP contribution >= 0.6 is 0 Å². The number of aliphatic hydroxyl groups excluding tert-OH is 1. The number of Topliss-reactive ketones (excluding diaryl/α,β-unsaturated/α-hetero) is 1. The van der Waals surface area contributed by atoms with E-state index in [-0.39, 0.29) is 17.2 Å². The molecule has 2 aromatic rings. The number of ketones is 1. The maximum absolute atomic E-state index is 13.2. The molecule has 2 saturated heterocycles. The van der Waals surface area contributed by atoms with Crippen molar-refractivity contribution in [2.75, 3.05) is 44.7 Å². The molecule has 4 aliphatic rings. The van der Waals surface area contributed by atoms with Crippen LogP contribution in [-0.2, 0) is 19.3 Å². The first kappa shape index (κ1) is 27.8. The molecule has 4 atom stereocenters. The van der Waals surface area contributed by atoms with Crippen molar-refractivity contribution in [3.05, 3.63) is 59.3 Å². The number of hydrogen-bond acceptors (Lipinski definition) is 9. The van der Waals surface area contributed by atoms with Crippen molar-refractivity contribution in [3.8, 4) is 12.1 Å². The summed E-state index contributed by atoms with van der Waals surface area (Å²) in [6, 6.07) is 10.9. The summed E-state index contributed by atoms with van der Waals surface area (Å²) in [6.07, 6.45) is 7.12. The number of benzene rings is 1. The highest BCUT2D eigenvalue weighted by molar-refractivity contribution is 5.99. The number of aliphatic hydroxyl groups is 1. The van der Waals surface area contributed by atoms with Crippen molar-refractivity contribution in [1.29, 1.82) is 5.26 Å². The lowest BCUT2D eigenvalue weighted by Crippen LogP contribution is -2.56. The lowest BCUT2D eigenvalue weighted by atomic mass is 9.63. The van der Waals surface area contributed by atoms with Gasteiger partial charge in [-0.25, -0.2) is 0 Å². The van der Waals surface area contributed by atoms with E-state index < -0.39 is 6.23 Å². The minimum atomic E-state index is -0.788. The van der Waals surface area contributed by atoms with Gasteiger partial charge in [0.05, 0.1) is 18.2 Å². The van der Waals surface area contributed by atoms with Gasteiger partial charge in [0, 0.05) is 49.3 Å². The molecule has 2 aliphatic carbocycles. The zero-order chi connectivity index (χ0) is 28.6. The molecule has 4 unspecified atom stereocenters. The molecule has 1 aromatic heterocycles. The Labute approximate surface area is 242 Å². The third-order valence-electron chi connectivity index (χ3n) is 9.70. The topological polar surface area (TPSA) is 106 Å². The van der Waals surface area contributed by atoms with Crippen LogP contribution in [0.5, 0.6) is 6.01 Å². The molecule has 6 rings (SSSR count). The van der Waals surface area contributed by atoms with E-state index in [1.54, 1.807) is 0 Å². The van der Waals surface area contributed by atoms with Gasteiger partial charge in [0.15, 0.2) is 5.78 Å². The van der Waals surface area contributed by atoms with Crippen molar-refractivity contribution in [1.82, 2.24) is 19.8 Å². The van der Waals surface area contributed by atoms with Crippen LogP contribution in [0.2, 0.25) is 0 Å². The number of nitriles is 1. The number of likely N-dealkylation sites (tertiary alicyclic amines) is 1. The number of carbonyl (C=O) groups excluding carboxylic acids is 1. The van der Waals surface area contributed by atoms with Gasteiger partial charge in [0.25, 0.3) is 0 Å². The van der Waals surface area contributed by atoms with Gasteiger partial charge >= 0.3 is 6.01 Å². The highest BCUT2D eigenvalue weighted by atomic mass is 16.5. The van der Waals surface area contributed by atoms with Gasteiger partial charge in [-0.05, 0) is 69.2 Å². The quantitative estimate of drug-likeness (QED) is 0.515. The minimum Gasteiger partial charge on any atom is -0.462 e. The summed E-state index contributed by atoms with van der Waals surface area (Å²) in [5.74, 6) is 1.10. The average Bonchev–Trinajstić information content (AvgIpc) is 3.39. The molecule has 0 bridgehead atoms. The molecule has 41 heavy (non-hydrogen) atoms. The Morgan fingerprint density at radius 1 is 1.22 bits per heavy atom. The second-order valence-corrected chi connectivity index (χ2v) is 12.3. The monoisotopic (exact) mass is 556 g/mol. The number of aromatic nitrogens is 2. The van der Waals surface area contributed by atoms with E-state index in [1.165, 1.54) is 12.5 Å². The highest BCUT2D eigenvalue weighted by Gasteiger charge is 2.43. The number of ether oxygens (including phenoxy) is 1. The molecule has 2 aliphatic heterocycles. The maximum atomic E-state index is 13.2. The molecular formula is C32H40N6O3. The minimum absolute atomic E-state index is 0.147. The Morgan fingerprint density at radius 3 is 2.85 bits per heavy atom. The Morgan fingerprint density at radius 2 is 2.07 bits per heavy atom. The van der Waals surface area contributed by atoms with Gasteiger partial charge in [-0.1, -0.05) is 30.8 Å². The predicted octanol–water partition coefficient (Wildman–Crippen LogP) is 3.16. The van der Waals surface area contributed by atoms with E-state index >= 15 is 0 Å². The first-order valence-corrected chi connectivity index (χ1v) is 14.9. The standard InChI is InChI=1S/C32H40N6O3/c1-3-29(40)38-16-15-37(20-23(38)11-13-33)30-26-10-12-32(17-22-7-4-5-9-25(22)28(39)19-32)18-27(26)34-31(35-30)41-21-24-8-6-14-36(24)2/h3-5,7,9,23-24,29,40H,1,6,8,10-12,14-21H2,2H3. The number of carbonyl (C=O) groups is 1. The van der Waals surface area contributed by atoms with Crippen molar-refractivity contribution in [3.63, 3.8) is 0 Å². The maximum Gasteiger partial charge on any atom is 0.318 e. The smallest absolute Gasteiger partial charge is 0.318 e. The number of fused-ring (bicyclic) bond motifs is 2. The third-order valence-corrected chi connectivity index (χ3v) is 9.70. The van der Waals surface area contributed by atoms with Crippen molar-refractivity contribution >= 4 is 11.6 Å². The predicted molar refractivity (Wildman–Crippen MR) is 156 cm³/mol. The van der Waals surface area contributed by atoms with Crippen LogP contribution < -0.4 is 9.64 Å². The lowest BCUT2D eigenvalue weighted by Gasteiger charge is -2.44. The van der Waals surface area contributed by atoms with E-state index in [0.717, 1.165) is 60.4 Å². The molecule has 9 nitrogen and oxygen atoms in total. The van der Waals surface area contributed by atoms with Gasteiger partial charge in [0.1, 0.15) is 18.7 Å². The van der Waals surface area contributed by atoms with E-state index in [0.29, 0.717) is 57.6 Å². The van der Waals surface area contributed by atoms with Crippen molar-refractivity contribution in [2.45, 2.75) is 69.7 Å². The van der Waals surface area contributed by atoms with Gasteiger partial charge < -0.3 is 19.6 Å². The summed E-state index contributed by atoms with van der Waals surface area (Å²) < 4.78 is 6.29. The fourth-order valence-electron chi connectivity index (χ4n) is 7.40. The average molecular weight is 557 g/mol. The molecule has 1 N–H and O–H groups in total.